The van der Waals surface area contributed by atoms with Gasteiger partial charge >= 0.3 is 6.03 Å². The van der Waals surface area contributed by atoms with Gasteiger partial charge in [-0.25, -0.2) is 4.79 Å². The van der Waals surface area contributed by atoms with E-state index < -0.39 is 0 Å². The van der Waals surface area contributed by atoms with Gasteiger partial charge < -0.3 is 15.7 Å². The minimum absolute atomic E-state index is 0.0106. The molecule has 0 spiro atoms. The van der Waals surface area contributed by atoms with Gasteiger partial charge in [-0.2, -0.15) is 0 Å². The summed E-state index contributed by atoms with van der Waals surface area (Å²) in [5, 5.41) is 15.2. The van der Waals surface area contributed by atoms with E-state index in [9.17, 15) is 4.79 Å². The molecule has 0 aromatic heterocycles. The zero-order chi connectivity index (χ0) is 14.4. The zero-order valence-electron chi connectivity index (χ0n) is 11.0. The number of benzene rings is 1. The van der Waals surface area contributed by atoms with E-state index in [0.717, 1.165) is 12.0 Å². The summed E-state index contributed by atoms with van der Waals surface area (Å²) < 4.78 is 0. The summed E-state index contributed by atoms with van der Waals surface area (Å²) in [5.41, 5.74) is 1.33. The van der Waals surface area contributed by atoms with E-state index in [2.05, 4.69) is 10.6 Å². The third kappa shape index (κ3) is 5.27. The number of rotatable bonds is 5. The maximum atomic E-state index is 11.7. The van der Waals surface area contributed by atoms with E-state index in [1.165, 1.54) is 0 Å². The molecule has 1 unspecified atom stereocenters. The predicted octanol–water partition coefficient (Wildman–Crippen LogP) is 3.58. The Morgan fingerprint density at radius 3 is 2.47 bits per heavy atom. The Morgan fingerprint density at radius 2 is 1.95 bits per heavy atom. The molecule has 6 heteroatoms. The summed E-state index contributed by atoms with van der Waals surface area (Å²) >= 11 is 12.0. The third-order valence-corrected chi connectivity index (χ3v) is 3.50. The van der Waals surface area contributed by atoms with Crippen LogP contribution in [-0.4, -0.2) is 23.8 Å². The van der Waals surface area contributed by atoms with Crippen molar-refractivity contribution in [1.82, 2.24) is 5.32 Å². The van der Waals surface area contributed by atoms with Gasteiger partial charge in [-0.3, -0.25) is 0 Å². The number of nitrogens with one attached hydrogen (secondary N) is 2. The highest BCUT2D eigenvalue weighted by Gasteiger charge is 2.09. The zero-order valence-corrected chi connectivity index (χ0v) is 12.5. The highest BCUT2D eigenvalue weighted by Crippen LogP contribution is 2.27. The minimum atomic E-state index is -0.318. The van der Waals surface area contributed by atoms with Gasteiger partial charge in [0.25, 0.3) is 0 Å². The number of aliphatic hydroxyl groups is 1. The molecule has 0 bridgehead atoms. The lowest BCUT2D eigenvalue weighted by atomic mass is 10.2. The van der Waals surface area contributed by atoms with Crippen LogP contribution >= 0.6 is 23.2 Å². The molecule has 1 aromatic rings. The van der Waals surface area contributed by atoms with E-state index in [4.69, 9.17) is 28.3 Å². The highest BCUT2D eigenvalue weighted by molar-refractivity contribution is 6.36. The van der Waals surface area contributed by atoms with Gasteiger partial charge in [-0.05, 0) is 44.4 Å². The van der Waals surface area contributed by atoms with Crippen LogP contribution in [0.25, 0.3) is 0 Å². The van der Waals surface area contributed by atoms with Gasteiger partial charge in [-0.1, -0.05) is 23.2 Å². The number of amides is 2. The standard InChI is InChI=1S/C13H18Cl2N2O2/c1-8(4-3-5-18)16-13(19)17-10-6-11(14)9(2)12(15)7-10/h6-8,18H,3-5H2,1-2H3,(H2,16,17,19). The van der Waals surface area contributed by atoms with Crippen molar-refractivity contribution in [1.29, 1.82) is 0 Å². The molecule has 0 aliphatic carbocycles. The number of urea groups is 1. The van der Waals surface area contributed by atoms with Gasteiger partial charge in [0.2, 0.25) is 0 Å². The summed E-state index contributed by atoms with van der Waals surface area (Å²) in [7, 11) is 0. The Hall–Kier alpha value is -0.970. The summed E-state index contributed by atoms with van der Waals surface area (Å²) in [6.07, 6.45) is 1.38. The second-order valence-electron chi connectivity index (χ2n) is 4.43. The molecular weight excluding hydrogens is 287 g/mol. The average Bonchev–Trinajstić information content (AvgIpc) is 2.33. The molecule has 0 radical (unpaired) electrons. The first-order valence-electron chi connectivity index (χ1n) is 6.08. The molecule has 0 saturated carbocycles. The molecule has 0 aliphatic heterocycles. The largest absolute Gasteiger partial charge is 0.396 e. The molecule has 1 aromatic carbocycles. The second kappa shape index (κ2) is 7.58. The van der Waals surface area contributed by atoms with Gasteiger partial charge in [-0.15, -0.1) is 0 Å². The Bertz CT molecular complexity index is 429. The molecule has 106 valence electrons. The molecule has 0 saturated heterocycles. The van der Waals surface area contributed by atoms with Crippen molar-refractivity contribution in [3.8, 4) is 0 Å². The fourth-order valence-corrected chi connectivity index (χ4v) is 2.07. The number of hydrogen-bond acceptors (Lipinski definition) is 2. The number of carbonyl (C=O) groups excluding carboxylic acids is 1. The van der Waals surface area contributed by atoms with Crippen LogP contribution < -0.4 is 10.6 Å². The van der Waals surface area contributed by atoms with E-state index in [1.54, 1.807) is 12.1 Å². The van der Waals surface area contributed by atoms with Crippen LogP contribution in [0.5, 0.6) is 0 Å². The first-order valence-corrected chi connectivity index (χ1v) is 6.83. The maximum Gasteiger partial charge on any atom is 0.319 e. The summed E-state index contributed by atoms with van der Waals surface area (Å²) in [6.45, 7) is 3.81. The van der Waals surface area contributed by atoms with Crippen LogP contribution in [0.15, 0.2) is 12.1 Å². The van der Waals surface area contributed by atoms with Crippen LogP contribution in [0.2, 0.25) is 10.0 Å². The molecular formula is C13H18Cl2N2O2. The van der Waals surface area contributed by atoms with Crippen molar-refractivity contribution in [2.24, 2.45) is 0 Å². The Labute approximate surface area is 123 Å². The van der Waals surface area contributed by atoms with Crippen molar-refractivity contribution in [3.05, 3.63) is 27.7 Å². The van der Waals surface area contributed by atoms with Crippen LogP contribution in [0, 0.1) is 6.92 Å². The smallest absolute Gasteiger partial charge is 0.319 e. The number of aliphatic hydroxyl groups excluding tert-OH is 1. The number of anilines is 1. The first-order chi connectivity index (χ1) is 8.93. The lowest BCUT2D eigenvalue weighted by molar-refractivity contribution is 0.245. The lowest BCUT2D eigenvalue weighted by Gasteiger charge is -2.14. The molecule has 19 heavy (non-hydrogen) atoms. The van der Waals surface area contributed by atoms with Crippen LogP contribution in [0.3, 0.4) is 0 Å². The maximum absolute atomic E-state index is 11.7. The monoisotopic (exact) mass is 304 g/mol. The summed E-state index contributed by atoms with van der Waals surface area (Å²) in [5.74, 6) is 0. The number of halogens is 2. The van der Waals surface area contributed by atoms with Crippen molar-refractivity contribution in [2.45, 2.75) is 32.7 Å². The van der Waals surface area contributed by atoms with Crippen molar-refractivity contribution >= 4 is 34.9 Å². The molecule has 1 rings (SSSR count). The molecule has 1 atom stereocenters. The van der Waals surface area contributed by atoms with E-state index >= 15 is 0 Å². The van der Waals surface area contributed by atoms with Crippen LogP contribution in [-0.2, 0) is 0 Å². The Kier molecular flexibility index (Phi) is 6.42. The number of carbonyl (C=O) groups is 1. The topological polar surface area (TPSA) is 61.4 Å². The van der Waals surface area contributed by atoms with Crippen molar-refractivity contribution < 1.29 is 9.90 Å². The van der Waals surface area contributed by atoms with E-state index in [1.807, 2.05) is 13.8 Å². The average molecular weight is 305 g/mol. The van der Waals surface area contributed by atoms with E-state index in [0.29, 0.717) is 22.2 Å². The lowest BCUT2D eigenvalue weighted by Crippen LogP contribution is -2.36. The van der Waals surface area contributed by atoms with Gasteiger partial charge in [0.1, 0.15) is 0 Å². The fourth-order valence-electron chi connectivity index (χ4n) is 1.58. The molecule has 4 nitrogen and oxygen atoms in total. The van der Waals surface area contributed by atoms with Gasteiger partial charge in [0.15, 0.2) is 0 Å². The second-order valence-corrected chi connectivity index (χ2v) is 5.24. The van der Waals surface area contributed by atoms with Crippen LogP contribution in [0.1, 0.15) is 25.3 Å². The normalized spacial score (nSPS) is 12.1. The Morgan fingerprint density at radius 1 is 1.37 bits per heavy atom. The molecule has 0 heterocycles. The SMILES string of the molecule is Cc1c(Cl)cc(NC(=O)NC(C)CCCO)cc1Cl. The summed E-state index contributed by atoms with van der Waals surface area (Å²) in [6, 6.07) is 2.98. The van der Waals surface area contributed by atoms with Gasteiger partial charge in [0.05, 0.1) is 0 Å². The Balaban J connectivity index is 2.57. The molecule has 0 aliphatic rings. The quantitative estimate of drug-likeness (QED) is 0.778. The van der Waals surface area contributed by atoms with Gasteiger partial charge in [0, 0.05) is 28.4 Å². The van der Waals surface area contributed by atoms with E-state index in [-0.39, 0.29) is 18.7 Å². The molecule has 0 fully saturated rings. The highest BCUT2D eigenvalue weighted by atomic mass is 35.5. The third-order valence-electron chi connectivity index (χ3n) is 2.71. The minimum Gasteiger partial charge on any atom is -0.396 e. The van der Waals surface area contributed by atoms with Crippen LogP contribution in [0.4, 0.5) is 10.5 Å². The number of hydrogen-bond donors (Lipinski definition) is 3. The molecule has 3 N–H and O–H groups in total. The first kappa shape index (κ1) is 16.1. The van der Waals surface area contributed by atoms with Crippen molar-refractivity contribution in [3.63, 3.8) is 0 Å². The van der Waals surface area contributed by atoms with Crippen molar-refractivity contribution in [2.75, 3.05) is 11.9 Å². The summed E-state index contributed by atoms with van der Waals surface area (Å²) in [4.78, 5) is 11.7. The fraction of sp³-hybridized carbons (Fsp3) is 0.462. The molecule has 2 amide bonds. The predicted molar refractivity (Wildman–Crippen MR) is 79.1 cm³/mol.